The molecule has 4 fully saturated rings. The number of rotatable bonds is 6. The number of anilines is 3. The van der Waals surface area contributed by atoms with Crippen molar-refractivity contribution in [1.29, 1.82) is 0 Å². The average molecular weight is 508 g/mol. The van der Waals surface area contributed by atoms with E-state index in [4.69, 9.17) is 9.72 Å². The number of amides is 1. The van der Waals surface area contributed by atoms with E-state index >= 15 is 0 Å². The number of morpholine rings is 1. The number of hydrogen-bond acceptors (Lipinski definition) is 7. The maximum absolute atomic E-state index is 13.6. The van der Waals surface area contributed by atoms with Crippen molar-refractivity contribution < 1.29 is 9.53 Å². The second-order valence-electron chi connectivity index (χ2n) is 12.0. The topological polar surface area (TPSA) is 69.7 Å². The highest BCUT2D eigenvalue weighted by molar-refractivity contribution is 7.97. The van der Waals surface area contributed by atoms with Gasteiger partial charge in [-0.3, -0.25) is 9.52 Å². The summed E-state index contributed by atoms with van der Waals surface area (Å²) in [6.45, 7) is 10.0. The zero-order valence-electron chi connectivity index (χ0n) is 21.5. The summed E-state index contributed by atoms with van der Waals surface area (Å²) in [5.74, 6) is 1.69. The van der Waals surface area contributed by atoms with Crippen LogP contribution >= 0.6 is 11.9 Å². The molecule has 4 heterocycles. The van der Waals surface area contributed by atoms with Gasteiger partial charge in [-0.15, -0.1) is 0 Å². The minimum Gasteiger partial charge on any atom is -0.374 e. The van der Waals surface area contributed by atoms with E-state index in [2.05, 4.69) is 46.7 Å². The molecule has 1 aliphatic carbocycles. The van der Waals surface area contributed by atoms with Crippen LogP contribution in [0.5, 0.6) is 0 Å². The summed E-state index contributed by atoms with van der Waals surface area (Å²) in [5.41, 5.74) is 2.01. The summed E-state index contributed by atoms with van der Waals surface area (Å²) < 4.78 is 9.24. The van der Waals surface area contributed by atoms with Gasteiger partial charge in [-0.25, -0.2) is 4.98 Å². The van der Waals surface area contributed by atoms with Crippen LogP contribution in [0.1, 0.15) is 63.2 Å². The molecular weight excluding hydrogens is 470 g/mol. The Morgan fingerprint density at radius 2 is 1.94 bits per heavy atom. The molecule has 2 N–H and O–H groups in total. The lowest BCUT2D eigenvalue weighted by atomic mass is 9.93. The number of carbonyl (C=O) groups is 1. The largest absolute Gasteiger partial charge is 0.374 e. The summed E-state index contributed by atoms with van der Waals surface area (Å²) in [4.78, 5) is 24.5. The molecule has 2 aromatic rings. The molecule has 1 amide bonds. The van der Waals surface area contributed by atoms with Crippen molar-refractivity contribution >= 4 is 35.2 Å². The predicted molar refractivity (Wildman–Crippen MR) is 146 cm³/mol. The van der Waals surface area contributed by atoms with Gasteiger partial charge in [-0.1, -0.05) is 6.07 Å². The Balaban J connectivity index is 1.23. The number of carbonyl (C=O) groups excluding carboxylic acids is 1. The number of pyridine rings is 1. The Morgan fingerprint density at radius 1 is 1.14 bits per heavy atom. The van der Waals surface area contributed by atoms with Crippen LogP contribution in [0.15, 0.2) is 41.3 Å². The fraction of sp³-hybridized carbons (Fsp3) is 0.571. The molecule has 36 heavy (non-hydrogen) atoms. The molecule has 192 valence electrons. The van der Waals surface area contributed by atoms with E-state index in [0.29, 0.717) is 23.1 Å². The Labute approximate surface area is 218 Å². The maximum Gasteiger partial charge on any atom is 0.259 e. The number of hydrogen-bond donors (Lipinski definition) is 2. The summed E-state index contributed by atoms with van der Waals surface area (Å²) in [5, 5.41) is 3.14. The maximum atomic E-state index is 13.6. The molecule has 4 aliphatic rings. The zero-order valence-corrected chi connectivity index (χ0v) is 22.4. The highest BCUT2D eigenvalue weighted by Gasteiger charge is 2.45. The molecule has 1 spiro atoms. The van der Waals surface area contributed by atoms with Gasteiger partial charge >= 0.3 is 0 Å². The molecule has 3 saturated heterocycles. The quantitative estimate of drug-likeness (QED) is 0.528. The Kier molecular flexibility index (Phi) is 6.17. The van der Waals surface area contributed by atoms with Crippen LogP contribution in [-0.4, -0.2) is 54.8 Å². The van der Waals surface area contributed by atoms with Crippen LogP contribution < -0.4 is 19.8 Å². The molecule has 6 rings (SSSR count). The molecule has 2 unspecified atom stereocenters. The lowest BCUT2D eigenvalue weighted by Crippen LogP contribution is -2.39. The molecule has 7 nitrogen and oxygen atoms in total. The number of piperidine rings is 1. The molecule has 2 atom stereocenters. The van der Waals surface area contributed by atoms with Crippen LogP contribution in [0.4, 0.5) is 17.3 Å². The average Bonchev–Trinajstić information content (AvgIpc) is 3.27. The van der Waals surface area contributed by atoms with Crippen LogP contribution in [-0.2, 0) is 4.74 Å². The minimum atomic E-state index is -0.104. The highest BCUT2D eigenvalue weighted by Crippen LogP contribution is 2.54. The van der Waals surface area contributed by atoms with E-state index in [1.165, 1.54) is 25.7 Å². The van der Waals surface area contributed by atoms with Crippen molar-refractivity contribution in [2.45, 2.75) is 75.5 Å². The molecule has 2 bridgehead atoms. The molecular formula is C28H37N5O2S. The summed E-state index contributed by atoms with van der Waals surface area (Å²) in [7, 11) is 0. The van der Waals surface area contributed by atoms with Crippen molar-refractivity contribution in [3.63, 3.8) is 0 Å². The third kappa shape index (κ3) is 5.08. The van der Waals surface area contributed by atoms with Gasteiger partial charge in [-0.2, -0.15) is 0 Å². The second-order valence-corrected chi connectivity index (χ2v) is 12.8. The van der Waals surface area contributed by atoms with Gasteiger partial charge < -0.3 is 19.9 Å². The van der Waals surface area contributed by atoms with E-state index in [-0.39, 0.29) is 11.4 Å². The second kappa shape index (κ2) is 9.23. The van der Waals surface area contributed by atoms with Gasteiger partial charge in [0.2, 0.25) is 0 Å². The first-order valence-electron chi connectivity index (χ1n) is 13.3. The third-order valence-corrected chi connectivity index (χ3v) is 9.15. The van der Waals surface area contributed by atoms with Gasteiger partial charge in [0.15, 0.2) is 0 Å². The number of nitrogens with zero attached hydrogens (tertiary/aromatic N) is 3. The van der Waals surface area contributed by atoms with Gasteiger partial charge in [-0.05, 0) is 101 Å². The summed E-state index contributed by atoms with van der Waals surface area (Å²) >= 11 is 1.58. The van der Waals surface area contributed by atoms with Gasteiger partial charge in [0.1, 0.15) is 11.6 Å². The van der Waals surface area contributed by atoms with Crippen molar-refractivity contribution in [3.8, 4) is 0 Å². The first-order valence-corrected chi connectivity index (χ1v) is 14.1. The standard InChI is InChI=1S/C28H37N5O2S/c1-27(2,3)31-36-22-6-4-5-19(15-22)29-26(34)23-7-8-24(33-17-21-16-20(33)18-35-21)30-25(23)32-13-11-28(9-10-28)12-14-32/h4-8,15,20-21,31H,9-14,16-18H2,1-3H3,(H,29,34). The van der Waals surface area contributed by atoms with E-state index in [0.717, 1.165) is 54.9 Å². The van der Waals surface area contributed by atoms with Crippen molar-refractivity contribution in [2.75, 3.05) is 41.4 Å². The van der Waals surface area contributed by atoms with E-state index in [9.17, 15) is 4.79 Å². The zero-order chi connectivity index (χ0) is 24.9. The monoisotopic (exact) mass is 507 g/mol. The number of nitrogens with one attached hydrogen (secondary N) is 2. The van der Waals surface area contributed by atoms with Crippen molar-refractivity contribution in [3.05, 3.63) is 42.0 Å². The van der Waals surface area contributed by atoms with E-state index < -0.39 is 0 Å². The van der Waals surface area contributed by atoms with E-state index in [1.54, 1.807) is 11.9 Å². The molecule has 0 radical (unpaired) electrons. The number of ether oxygens (including phenoxy) is 1. The lowest BCUT2D eigenvalue weighted by molar-refractivity contribution is 0.0988. The first-order chi connectivity index (χ1) is 17.3. The van der Waals surface area contributed by atoms with Crippen LogP contribution in [0, 0.1) is 5.41 Å². The fourth-order valence-corrected chi connectivity index (χ4v) is 6.37. The fourth-order valence-electron chi connectivity index (χ4n) is 5.61. The smallest absolute Gasteiger partial charge is 0.259 e. The van der Waals surface area contributed by atoms with Crippen molar-refractivity contribution in [2.24, 2.45) is 5.41 Å². The highest BCUT2D eigenvalue weighted by atomic mass is 32.2. The molecule has 3 aliphatic heterocycles. The van der Waals surface area contributed by atoms with Gasteiger partial charge in [0.25, 0.3) is 5.91 Å². The van der Waals surface area contributed by atoms with Crippen molar-refractivity contribution in [1.82, 2.24) is 9.71 Å². The normalized spacial score (nSPS) is 24.4. The minimum absolute atomic E-state index is 0.000685. The van der Waals surface area contributed by atoms with E-state index in [1.807, 2.05) is 30.3 Å². The van der Waals surface area contributed by atoms with Gasteiger partial charge in [0, 0.05) is 35.8 Å². The molecule has 1 aromatic carbocycles. The number of aromatic nitrogens is 1. The number of fused-ring (bicyclic) bond motifs is 2. The predicted octanol–water partition coefficient (Wildman–Crippen LogP) is 5.09. The molecule has 1 aromatic heterocycles. The Morgan fingerprint density at radius 3 is 2.61 bits per heavy atom. The summed E-state index contributed by atoms with van der Waals surface area (Å²) in [6.07, 6.45) is 6.49. The Hall–Kier alpha value is -2.29. The summed E-state index contributed by atoms with van der Waals surface area (Å²) in [6, 6.07) is 12.4. The Bertz CT molecular complexity index is 1140. The third-order valence-electron chi connectivity index (χ3n) is 7.95. The van der Waals surface area contributed by atoms with Crippen LogP contribution in [0.2, 0.25) is 0 Å². The van der Waals surface area contributed by atoms with Crippen LogP contribution in [0.3, 0.4) is 0 Å². The van der Waals surface area contributed by atoms with Crippen LogP contribution in [0.25, 0.3) is 0 Å². The first kappa shape index (κ1) is 24.1. The lowest BCUT2D eigenvalue weighted by Gasteiger charge is -2.35. The SMILES string of the molecule is CC(C)(C)NSc1cccc(NC(=O)c2ccc(N3CC4CC3CO4)nc2N2CCC3(CC2)CC3)c1. The van der Waals surface area contributed by atoms with Gasteiger partial charge in [0.05, 0.1) is 24.3 Å². The molecule has 8 heteroatoms. The molecule has 1 saturated carbocycles. The number of benzene rings is 1.